The first-order chi connectivity index (χ1) is 12.3. The quantitative estimate of drug-likeness (QED) is 0.782. The molecule has 1 atom stereocenters. The lowest BCUT2D eigenvalue weighted by molar-refractivity contribution is -0.126. The molecule has 0 saturated carbocycles. The predicted molar refractivity (Wildman–Crippen MR) is 93.8 cm³/mol. The zero-order valence-electron chi connectivity index (χ0n) is 14.8. The lowest BCUT2D eigenvalue weighted by atomic mass is 9.68. The van der Waals surface area contributed by atoms with Crippen LogP contribution in [0.3, 0.4) is 0 Å². The highest BCUT2D eigenvalue weighted by Gasteiger charge is 2.45. The Hall–Kier alpha value is -2.69. The summed E-state index contributed by atoms with van der Waals surface area (Å²) in [6.45, 7) is 4.02. The van der Waals surface area contributed by atoms with E-state index in [9.17, 15) is 19.5 Å². The number of rotatable bonds is 1. The number of allylic oxidation sites excluding steroid dienone is 4. The third-order valence-electron chi connectivity index (χ3n) is 5.25. The number of ketones is 3. The number of para-hydroxylation sites is 1. The molecule has 3 aliphatic rings. The number of carbonyl (C=O) groups excluding carboxylic acids is 3. The molecule has 0 radical (unpaired) electrons. The molecule has 1 aliphatic heterocycles. The van der Waals surface area contributed by atoms with E-state index in [1.807, 2.05) is 26.0 Å². The van der Waals surface area contributed by atoms with Gasteiger partial charge in [0.2, 0.25) is 0 Å². The summed E-state index contributed by atoms with van der Waals surface area (Å²) in [5.41, 5.74) is 1.08. The highest BCUT2D eigenvalue weighted by molar-refractivity contribution is 6.14. The Labute approximate surface area is 151 Å². The first-order valence-corrected chi connectivity index (χ1v) is 8.77. The SMILES string of the molecule is CC1(C)CC(=O)C2=C(C1)Oc1ccccc1C2C1=C(O)CC(=O)CC1=O. The van der Waals surface area contributed by atoms with E-state index in [2.05, 4.69) is 0 Å². The molecule has 0 saturated heterocycles. The number of fused-ring (bicyclic) bond motifs is 1. The molecule has 0 spiro atoms. The number of hydrogen-bond acceptors (Lipinski definition) is 5. The van der Waals surface area contributed by atoms with Gasteiger partial charge in [-0.05, 0) is 11.5 Å². The van der Waals surface area contributed by atoms with Crippen molar-refractivity contribution >= 4 is 17.3 Å². The van der Waals surface area contributed by atoms with Crippen molar-refractivity contribution in [2.75, 3.05) is 0 Å². The Balaban J connectivity index is 1.95. The highest BCUT2D eigenvalue weighted by Crippen LogP contribution is 2.51. The van der Waals surface area contributed by atoms with Crippen LogP contribution < -0.4 is 4.74 Å². The molecule has 0 amide bonds. The minimum atomic E-state index is -0.667. The Morgan fingerprint density at radius 2 is 1.73 bits per heavy atom. The Morgan fingerprint density at radius 3 is 2.46 bits per heavy atom. The molecule has 1 N–H and O–H groups in total. The number of ether oxygens (including phenoxy) is 1. The van der Waals surface area contributed by atoms with Crippen LogP contribution in [0.1, 0.15) is 51.0 Å². The standard InChI is InChI=1S/C21H20O5/c1-21(2)9-15(25)20-17(10-21)26-16-6-4-3-5-12(16)18(20)19-13(23)7-11(22)8-14(19)24/h3-6,18,23H,7-10H2,1-2H3. The first kappa shape index (κ1) is 16.8. The molecule has 0 fully saturated rings. The van der Waals surface area contributed by atoms with Gasteiger partial charge in [-0.25, -0.2) is 0 Å². The third-order valence-corrected chi connectivity index (χ3v) is 5.25. The summed E-state index contributed by atoms with van der Waals surface area (Å²) in [7, 11) is 0. The van der Waals surface area contributed by atoms with Gasteiger partial charge in [0.15, 0.2) is 11.6 Å². The van der Waals surface area contributed by atoms with Gasteiger partial charge in [0.05, 0.1) is 18.8 Å². The lowest BCUT2D eigenvalue weighted by Crippen LogP contribution is -2.35. The summed E-state index contributed by atoms with van der Waals surface area (Å²) >= 11 is 0. The van der Waals surface area contributed by atoms with Gasteiger partial charge in [-0.1, -0.05) is 32.0 Å². The molecular formula is C21H20O5. The van der Waals surface area contributed by atoms with E-state index in [-0.39, 0.29) is 41.2 Å². The molecule has 4 rings (SSSR count). The Kier molecular flexibility index (Phi) is 3.65. The van der Waals surface area contributed by atoms with Gasteiger partial charge in [-0.15, -0.1) is 0 Å². The van der Waals surface area contributed by atoms with Crippen LogP contribution in [-0.2, 0) is 14.4 Å². The van der Waals surface area contributed by atoms with Crippen LogP contribution in [0, 0.1) is 5.41 Å². The summed E-state index contributed by atoms with van der Waals surface area (Å²) in [6, 6.07) is 7.25. The second-order valence-electron chi connectivity index (χ2n) is 8.03. The molecule has 1 aromatic rings. The average Bonchev–Trinajstić information content (AvgIpc) is 2.51. The minimum absolute atomic E-state index is 0.0687. The number of Topliss-reactive ketones (excluding diaryl/α,β-unsaturated/α-hetero) is 3. The summed E-state index contributed by atoms with van der Waals surface area (Å²) in [4.78, 5) is 37.3. The fourth-order valence-electron chi connectivity index (χ4n) is 4.20. The summed E-state index contributed by atoms with van der Waals surface area (Å²) < 4.78 is 6.03. The predicted octanol–water partition coefficient (Wildman–Crippen LogP) is 3.55. The monoisotopic (exact) mass is 352 g/mol. The van der Waals surface area contributed by atoms with Crippen LogP contribution in [0.15, 0.2) is 46.9 Å². The van der Waals surface area contributed by atoms with E-state index in [4.69, 9.17) is 4.74 Å². The molecule has 5 heteroatoms. The van der Waals surface area contributed by atoms with Gasteiger partial charge in [0.1, 0.15) is 23.1 Å². The van der Waals surface area contributed by atoms with Crippen LogP contribution in [-0.4, -0.2) is 22.5 Å². The number of hydrogen-bond donors (Lipinski definition) is 1. The fraction of sp³-hybridized carbons (Fsp3) is 0.381. The van der Waals surface area contributed by atoms with Gasteiger partial charge in [0.25, 0.3) is 0 Å². The van der Waals surface area contributed by atoms with Crippen molar-refractivity contribution in [1.82, 2.24) is 0 Å². The van der Waals surface area contributed by atoms with Crippen LogP contribution in [0.5, 0.6) is 5.75 Å². The van der Waals surface area contributed by atoms with Crippen molar-refractivity contribution in [3.63, 3.8) is 0 Å². The normalized spacial score (nSPS) is 25.0. The van der Waals surface area contributed by atoms with Crippen molar-refractivity contribution in [3.8, 4) is 5.75 Å². The van der Waals surface area contributed by atoms with Gasteiger partial charge in [-0.3, -0.25) is 14.4 Å². The first-order valence-electron chi connectivity index (χ1n) is 8.77. The van der Waals surface area contributed by atoms with E-state index >= 15 is 0 Å². The molecule has 5 nitrogen and oxygen atoms in total. The van der Waals surface area contributed by atoms with Crippen LogP contribution in [0.25, 0.3) is 0 Å². The molecular weight excluding hydrogens is 332 g/mol. The number of carbonyl (C=O) groups is 3. The van der Waals surface area contributed by atoms with Gasteiger partial charge in [-0.2, -0.15) is 0 Å². The zero-order chi connectivity index (χ0) is 18.6. The topological polar surface area (TPSA) is 80.7 Å². The molecule has 1 aromatic carbocycles. The van der Waals surface area contributed by atoms with Crippen molar-refractivity contribution in [1.29, 1.82) is 0 Å². The van der Waals surface area contributed by atoms with E-state index in [1.54, 1.807) is 12.1 Å². The molecule has 0 bridgehead atoms. The van der Waals surface area contributed by atoms with E-state index in [0.717, 1.165) is 0 Å². The number of benzene rings is 1. The fourth-order valence-corrected chi connectivity index (χ4v) is 4.20. The molecule has 1 heterocycles. The van der Waals surface area contributed by atoms with Crippen LogP contribution >= 0.6 is 0 Å². The maximum absolute atomic E-state index is 13.0. The molecule has 26 heavy (non-hydrogen) atoms. The number of aliphatic hydroxyl groups is 1. The van der Waals surface area contributed by atoms with Crippen molar-refractivity contribution < 1.29 is 24.2 Å². The summed E-state index contributed by atoms with van der Waals surface area (Å²) in [5, 5.41) is 10.4. The summed E-state index contributed by atoms with van der Waals surface area (Å²) in [5.74, 6) is -0.518. The Bertz CT molecular complexity index is 916. The molecule has 134 valence electrons. The third kappa shape index (κ3) is 2.59. The zero-order valence-corrected chi connectivity index (χ0v) is 14.8. The van der Waals surface area contributed by atoms with E-state index in [0.29, 0.717) is 35.5 Å². The molecule has 1 unspecified atom stereocenters. The van der Waals surface area contributed by atoms with E-state index in [1.165, 1.54) is 0 Å². The van der Waals surface area contributed by atoms with Crippen LogP contribution in [0.4, 0.5) is 0 Å². The average molecular weight is 352 g/mol. The minimum Gasteiger partial charge on any atom is -0.511 e. The second-order valence-corrected chi connectivity index (χ2v) is 8.03. The second kappa shape index (κ2) is 5.66. The smallest absolute Gasteiger partial charge is 0.170 e. The van der Waals surface area contributed by atoms with Crippen molar-refractivity contribution in [3.05, 3.63) is 52.5 Å². The van der Waals surface area contributed by atoms with Gasteiger partial charge < -0.3 is 9.84 Å². The highest BCUT2D eigenvalue weighted by atomic mass is 16.5. The molecule has 2 aliphatic carbocycles. The van der Waals surface area contributed by atoms with Gasteiger partial charge >= 0.3 is 0 Å². The maximum atomic E-state index is 13.0. The largest absolute Gasteiger partial charge is 0.511 e. The maximum Gasteiger partial charge on any atom is 0.170 e. The molecule has 0 aromatic heterocycles. The lowest BCUT2D eigenvalue weighted by Gasteiger charge is -2.39. The number of aliphatic hydroxyl groups excluding tert-OH is 1. The Morgan fingerprint density at radius 1 is 1.00 bits per heavy atom. The van der Waals surface area contributed by atoms with Crippen molar-refractivity contribution in [2.24, 2.45) is 5.41 Å². The summed E-state index contributed by atoms with van der Waals surface area (Å²) in [6.07, 6.45) is 0.541. The van der Waals surface area contributed by atoms with Crippen molar-refractivity contribution in [2.45, 2.75) is 45.4 Å². The van der Waals surface area contributed by atoms with Crippen LogP contribution in [0.2, 0.25) is 0 Å². The van der Waals surface area contributed by atoms with Gasteiger partial charge in [0, 0.05) is 29.6 Å². The van der Waals surface area contributed by atoms with E-state index < -0.39 is 11.7 Å².